The number of hydrogen-bond donors (Lipinski definition) is 0. The van der Waals surface area contributed by atoms with E-state index in [4.69, 9.17) is 0 Å². The van der Waals surface area contributed by atoms with E-state index in [9.17, 15) is 14.4 Å². The molecule has 3 unspecified atom stereocenters. The maximum Gasteiger partial charge on any atom is 0.255 e. The fraction of sp³-hybridized carbons (Fsp3) is 0.471. The Morgan fingerprint density at radius 2 is 1.82 bits per heavy atom. The molecule has 3 atom stereocenters. The fourth-order valence-corrected chi connectivity index (χ4v) is 4.78. The van der Waals surface area contributed by atoms with Crippen LogP contribution in [-0.2, 0) is 15.1 Å². The van der Waals surface area contributed by atoms with Crippen molar-refractivity contribution < 1.29 is 14.4 Å². The van der Waals surface area contributed by atoms with Gasteiger partial charge in [0.15, 0.2) is 0 Å². The molecule has 22 heavy (non-hydrogen) atoms. The Bertz CT molecular complexity index is 726. The summed E-state index contributed by atoms with van der Waals surface area (Å²) in [4.78, 5) is 40.9. The number of benzene rings is 1. The topological polar surface area (TPSA) is 57.7 Å². The van der Waals surface area contributed by atoms with E-state index in [1.165, 1.54) is 4.90 Å². The molecule has 3 amide bonds. The standard InChI is InChI=1S/C17H18N2O3/c1-9(2)17-12-7-5-4-6-10(12)15(21)19(17)8-11-13(17)16(22)18(3)14(11)20/h4-7,9,11,13H,8H2,1-3H3. The van der Waals surface area contributed by atoms with Crippen LogP contribution in [-0.4, -0.2) is 41.1 Å². The maximum atomic E-state index is 12.8. The molecule has 2 saturated heterocycles. The van der Waals surface area contributed by atoms with Crippen molar-refractivity contribution in [3.63, 3.8) is 0 Å². The molecule has 0 aromatic heterocycles. The maximum absolute atomic E-state index is 12.8. The summed E-state index contributed by atoms with van der Waals surface area (Å²) < 4.78 is 0. The molecule has 3 aliphatic rings. The van der Waals surface area contributed by atoms with Gasteiger partial charge in [-0.3, -0.25) is 19.3 Å². The number of nitrogens with zero attached hydrogens (tertiary/aromatic N) is 2. The molecular formula is C17H18N2O3. The van der Waals surface area contributed by atoms with Crippen LogP contribution in [0.4, 0.5) is 0 Å². The number of carbonyl (C=O) groups is 3. The summed E-state index contributed by atoms with van der Waals surface area (Å²) >= 11 is 0. The lowest BCUT2D eigenvalue weighted by Gasteiger charge is -2.40. The molecule has 114 valence electrons. The number of imide groups is 1. The summed E-state index contributed by atoms with van der Waals surface area (Å²) in [5.74, 6) is -1.18. The summed E-state index contributed by atoms with van der Waals surface area (Å²) in [6.07, 6.45) is 0. The first-order valence-electron chi connectivity index (χ1n) is 7.65. The van der Waals surface area contributed by atoms with Gasteiger partial charge in [-0.05, 0) is 17.5 Å². The molecule has 5 nitrogen and oxygen atoms in total. The lowest BCUT2D eigenvalue weighted by molar-refractivity contribution is -0.140. The Morgan fingerprint density at radius 1 is 1.14 bits per heavy atom. The summed E-state index contributed by atoms with van der Waals surface area (Å²) in [6.45, 7) is 4.40. The van der Waals surface area contributed by atoms with Crippen molar-refractivity contribution in [2.75, 3.05) is 13.6 Å². The zero-order chi connectivity index (χ0) is 15.8. The molecule has 3 heterocycles. The summed E-state index contributed by atoms with van der Waals surface area (Å²) in [5.41, 5.74) is 0.888. The lowest BCUT2D eigenvalue weighted by atomic mass is 9.70. The van der Waals surface area contributed by atoms with Gasteiger partial charge in [-0.1, -0.05) is 32.0 Å². The van der Waals surface area contributed by atoms with Gasteiger partial charge in [-0.2, -0.15) is 0 Å². The number of rotatable bonds is 1. The molecule has 0 aliphatic carbocycles. The predicted octanol–water partition coefficient (Wildman–Crippen LogP) is 1.24. The second-order valence-corrected chi connectivity index (χ2v) is 6.76. The van der Waals surface area contributed by atoms with Crippen LogP contribution >= 0.6 is 0 Å². The highest BCUT2D eigenvalue weighted by Gasteiger charge is 2.69. The van der Waals surface area contributed by atoms with Gasteiger partial charge in [-0.15, -0.1) is 0 Å². The monoisotopic (exact) mass is 298 g/mol. The SMILES string of the molecule is CC(C)C12c3ccccc3C(=O)N1CC1C(=O)N(C)C(=O)C12. The van der Waals surface area contributed by atoms with E-state index < -0.39 is 17.4 Å². The van der Waals surface area contributed by atoms with Gasteiger partial charge >= 0.3 is 0 Å². The van der Waals surface area contributed by atoms with E-state index in [0.717, 1.165) is 5.56 Å². The first-order chi connectivity index (χ1) is 10.4. The Morgan fingerprint density at radius 3 is 2.50 bits per heavy atom. The van der Waals surface area contributed by atoms with Crippen molar-refractivity contribution in [2.45, 2.75) is 19.4 Å². The summed E-state index contributed by atoms with van der Waals surface area (Å²) in [5, 5.41) is 0. The quantitative estimate of drug-likeness (QED) is 0.733. The second-order valence-electron chi connectivity index (χ2n) is 6.76. The number of hydrogen-bond acceptors (Lipinski definition) is 3. The first kappa shape index (κ1) is 13.5. The Hall–Kier alpha value is -2.17. The molecule has 0 saturated carbocycles. The molecule has 5 heteroatoms. The van der Waals surface area contributed by atoms with E-state index in [1.807, 2.05) is 38.1 Å². The van der Waals surface area contributed by atoms with Crippen molar-refractivity contribution >= 4 is 17.7 Å². The van der Waals surface area contributed by atoms with Crippen molar-refractivity contribution in [1.82, 2.24) is 9.80 Å². The molecule has 0 bridgehead atoms. The van der Waals surface area contributed by atoms with E-state index in [0.29, 0.717) is 12.1 Å². The van der Waals surface area contributed by atoms with Gasteiger partial charge in [0.25, 0.3) is 5.91 Å². The average Bonchev–Trinajstić information content (AvgIpc) is 3.05. The highest BCUT2D eigenvalue weighted by molar-refractivity contribution is 6.10. The van der Waals surface area contributed by atoms with Crippen LogP contribution in [0.15, 0.2) is 24.3 Å². The first-order valence-corrected chi connectivity index (χ1v) is 7.65. The molecule has 1 aromatic rings. The third kappa shape index (κ3) is 1.20. The number of likely N-dealkylation sites (tertiary alicyclic amines) is 1. The minimum Gasteiger partial charge on any atom is -0.327 e. The minimum atomic E-state index is -0.685. The van der Waals surface area contributed by atoms with E-state index in [1.54, 1.807) is 11.9 Å². The third-order valence-electron chi connectivity index (χ3n) is 5.66. The summed E-state index contributed by atoms with van der Waals surface area (Å²) in [7, 11) is 1.55. The van der Waals surface area contributed by atoms with Crippen LogP contribution in [0.25, 0.3) is 0 Å². The molecular weight excluding hydrogens is 280 g/mol. The van der Waals surface area contributed by atoms with Gasteiger partial charge in [0.1, 0.15) is 0 Å². The van der Waals surface area contributed by atoms with Crippen molar-refractivity contribution in [3.8, 4) is 0 Å². The van der Waals surface area contributed by atoms with Crippen LogP contribution in [0, 0.1) is 17.8 Å². The van der Waals surface area contributed by atoms with Crippen LogP contribution in [0.2, 0.25) is 0 Å². The van der Waals surface area contributed by atoms with Gasteiger partial charge in [0, 0.05) is 19.2 Å². The fourth-order valence-electron chi connectivity index (χ4n) is 4.78. The van der Waals surface area contributed by atoms with E-state index in [-0.39, 0.29) is 23.6 Å². The molecule has 1 aromatic carbocycles. The Labute approximate surface area is 128 Å². The van der Waals surface area contributed by atoms with Gasteiger partial charge in [-0.25, -0.2) is 0 Å². The lowest BCUT2D eigenvalue weighted by Crippen LogP contribution is -2.50. The average molecular weight is 298 g/mol. The smallest absolute Gasteiger partial charge is 0.255 e. The van der Waals surface area contributed by atoms with E-state index in [2.05, 4.69) is 0 Å². The zero-order valence-corrected chi connectivity index (χ0v) is 12.9. The number of amides is 3. The van der Waals surface area contributed by atoms with Crippen LogP contribution in [0.1, 0.15) is 29.8 Å². The van der Waals surface area contributed by atoms with Crippen molar-refractivity contribution in [1.29, 1.82) is 0 Å². The highest BCUT2D eigenvalue weighted by Crippen LogP contribution is 2.58. The number of fused-ring (bicyclic) bond motifs is 5. The largest absolute Gasteiger partial charge is 0.327 e. The Balaban J connectivity index is 2.01. The van der Waals surface area contributed by atoms with Crippen molar-refractivity contribution in [2.24, 2.45) is 17.8 Å². The molecule has 0 spiro atoms. The zero-order valence-electron chi connectivity index (χ0n) is 12.9. The second kappa shape index (κ2) is 3.97. The third-order valence-corrected chi connectivity index (χ3v) is 5.66. The minimum absolute atomic E-state index is 0.0537. The van der Waals surface area contributed by atoms with Gasteiger partial charge in [0.05, 0.1) is 17.4 Å². The highest BCUT2D eigenvalue weighted by atomic mass is 16.2. The van der Waals surface area contributed by atoms with E-state index >= 15 is 0 Å². The normalized spacial score (nSPS) is 32.8. The van der Waals surface area contributed by atoms with Gasteiger partial charge in [0.2, 0.25) is 11.8 Å². The Kier molecular flexibility index (Phi) is 2.43. The molecule has 2 fully saturated rings. The summed E-state index contributed by atoms with van der Waals surface area (Å²) in [6, 6.07) is 7.50. The predicted molar refractivity (Wildman–Crippen MR) is 78.8 cm³/mol. The molecule has 0 radical (unpaired) electrons. The van der Waals surface area contributed by atoms with Crippen LogP contribution < -0.4 is 0 Å². The van der Waals surface area contributed by atoms with Crippen LogP contribution in [0.5, 0.6) is 0 Å². The van der Waals surface area contributed by atoms with Crippen LogP contribution in [0.3, 0.4) is 0 Å². The molecule has 4 rings (SSSR count). The van der Waals surface area contributed by atoms with Crippen molar-refractivity contribution in [3.05, 3.63) is 35.4 Å². The number of carbonyl (C=O) groups excluding carboxylic acids is 3. The van der Waals surface area contributed by atoms with Gasteiger partial charge < -0.3 is 4.90 Å². The molecule has 3 aliphatic heterocycles. The molecule has 0 N–H and O–H groups in total.